The van der Waals surface area contributed by atoms with Gasteiger partial charge in [0.2, 0.25) is 0 Å². The summed E-state index contributed by atoms with van der Waals surface area (Å²) in [6.45, 7) is 14.5. The minimum Gasteiger partial charge on any atom is -0.407 e. The molecule has 0 unspecified atom stereocenters. The molecule has 1 heterocycles. The van der Waals surface area contributed by atoms with E-state index in [9.17, 15) is 0 Å². The van der Waals surface area contributed by atoms with E-state index in [1.807, 2.05) is 6.33 Å². The Morgan fingerprint density at radius 2 is 1.04 bits per heavy atom. The number of rotatable bonds is 15. The SMILES string of the molecule is CCC[Si](CCC)(CCC)N(c1cn(C)cn1)[Si](CCC)(CCC)CCC. The van der Waals surface area contributed by atoms with Crippen molar-refractivity contribution >= 4 is 22.3 Å². The highest BCUT2D eigenvalue weighted by Gasteiger charge is 2.49. The van der Waals surface area contributed by atoms with Gasteiger partial charge in [0.05, 0.1) is 6.33 Å². The molecule has 1 rings (SSSR count). The maximum Gasteiger partial charge on any atom is 0.149 e. The molecular weight excluding hydrogens is 362 g/mol. The van der Waals surface area contributed by atoms with Gasteiger partial charge in [-0.3, -0.25) is 0 Å². The molecule has 0 fully saturated rings. The summed E-state index contributed by atoms with van der Waals surface area (Å²) in [6, 6.07) is 8.65. The van der Waals surface area contributed by atoms with Crippen LogP contribution >= 0.6 is 0 Å². The third kappa shape index (κ3) is 5.96. The van der Waals surface area contributed by atoms with E-state index >= 15 is 0 Å². The van der Waals surface area contributed by atoms with Crippen LogP contribution in [0.4, 0.5) is 5.82 Å². The Morgan fingerprint density at radius 3 is 1.26 bits per heavy atom. The molecule has 0 bridgehead atoms. The highest BCUT2D eigenvalue weighted by atomic mass is 28.4. The van der Waals surface area contributed by atoms with Crippen molar-refractivity contribution in [2.24, 2.45) is 7.05 Å². The van der Waals surface area contributed by atoms with Crippen molar-refractivity contribution in [3.05, 3.63) is 12.5 Å². The number of nitrogens with zero attached hydrogens (tertiary/aromatic N) is 3. The molecule has 1 aromatic rings. The number of hydrogen-bond acceptors (Lipinski definition) is 2. The van der Waals surface area contributed by atoms with Crippen molar-refractivity contribution in [2.45, 2.75) is 116 Å². The fourth-order valence-electron chi connectivity index (χ4n) is 5.72. The summed E-state index contributed by atoms with van der Waals surface area (Å²) in [4.78, 5) is 5.00. The molecular formula is C22H47N3Si2. The minimum atomic E-state index is -1.58. The predicted molar refractivity (Wildman–Crippen MR) is 128 cm³/mol. The molecule has 0 aliphatic heterocycles. The van der Waals surface area contributed by atoms with Crippen LogP contribution in [0.15, 0.2) is 12.5 Å². The predicted octanol–water partition coefficient (Wildman–Crippen LogP) is 7.58. The Kier molecular flexibility index (Phi) is 11.0. The number of aryl methyl sites for hydroxylation is 1. The van der Waals surface area contributed by atoms with Crippen molar-refractivity contribution in [3.8, 4) is 0 Å². The second kappa shape index (κ2) is 12.1. The Labute approximate surface area is 172 Å². The van der Waals surface area contributed by atoms with Crippen LogP contribution in [0.2, 0.25) is 36.3 Å². The van der Waals surface area contributed by atoms with E-state index in [0.29, 0.717) is 0 Å². The number of aromatic nitrogens is 2. The van der Waals surface area contributed by atoms with Crippen molar-refractivity contribution in [1.82, 2.24) is 9.55 Å². The largest absolute Gasteiger partial charge is 0.407 e. The molecule has 0 atom stereocenters. The summed E-state index contributed by atoms with van der Waals surface area (Å²) in [5, 5.41) is 0. The zero-order valence-corrected chi connectivity index (χ0v) is 21.5. The lowest BCUT2D eigenvalue weighted by Gasteiger charge is -2.54. The number of imidazole rings is 1. The monoisotopic (exact) mass is 409 g/mol. The quantitative estimate of drug-likeness (QED) is 0.278. The molecule has 0 spiro atoms. The van der Waals surface area contributed by atoms with E-state index in [0.717, 1.165) is 0 Å². The van der Waals surface area contributed by atoms with Gasteiger partial charge in [-0.2, -0.15) is 0 Å². The normalized spacial score (nSPS) is 12.6. The van der Waals surface area contributed by atoms with Crippen molar-refractivity contribution in [3.63, 3.8) is 0 Å². The van der Waals surface area contributed by atoms with E-state index in [2.05, 4.69) is 63.6 Å². The summed E-state index contributed by atoms with van der Waals surface area (Å²) in [5.74, 6) is 1.33. The molecule has 0 radical (unpaired) electrons. The van der Waals surface area contributed by atoms with Gasteiger partial charge in [0.15, 0.2) is 0 Å². The minimum absolute atomic E-state index is 1.32. The summed E-state index contributed by atoms with van der Waals surface area (Å²) in [7, 11) is -1.02. The molecule has 0 amide bonds. The topological polar surface area (TPSA) is 21.1 Å². The van der Waals surface area contributed by atoms with Gasteiger partial charge in [-0.05, 0) is 36.3 Å². The standard InChI is InChI=1S/C22H47N3Si2/c1-8-14-26(15-9-2,16-10-3)25(22-20-24(7)21-23-22)27(17-11-4,18-12-5)19-13-6/h20-21H,8-19H2,1-7H3. The van der Waals surface area contributed by atoms with Crippen molar-refractivity contribution in [1.29, 1.82) is 0 Å². The zero-order valence-electron chi connectivity index (χ0n) is 19.5. The fourth-order valence-corrected chi connectivity index (χ4v) is 21.4. The first-order valence-corrected chi connectivity index (χ1v) is 16.9. The van der Waals surface area contributed by atoms with Crippen LogP contribution in [0.1, 0.15) is 80.1 Å². The molecule has 27 heavy (non-hydrogen) atoms. The molecule has 0 aliphatic carbocycles. The van der Waals surface area contributed by atoms with Crippen LogP contribution in [0, 0.1) is 0 Å². The Bertz CT molecular complexity index is 455. The fraction of sp³-hybridized carbons (Fsp3) is 0.864. The summed E-state index contributed by atoms with van der Waals surface area (Å²) in [6.07, 6.45) is 12.3. The second-order valence-corrected chi connectivity index (χ2v) is 17.9. The van der Waals surface area contributed by atoms with Crippen molar-refractivity contribution in [2.75, 3.05) is 4.23 Å². The average molecular weight is 410 g/mol. The maximum absolute atomic E-state index is 5.00. The van der Waals surface area contributed by atoms with Crippen molar-refractivity contribution < 1.29 is 0 Å². The van der Waals surface area contributed by atoms with Gasteiger partial charge in [0.25, 0.3) is 0 Å². The van der Waals surface area contributed by atoms with Gasteiger partial charge in [-0.1, -0.05) is 80.1 Å². The molecule has 0 aromatic carbocycles. The first-order chi connectivity index (χ1) is 13.0. The molecule has 0 saturated carbocycles. The zero-order chi connectivity index (χ0) is 20.3. The molecule has 0 aliphatic rings. The van der Waals surface area contributed by atoms with Gasteiger partial charge in [0.1, 0.15) is 22.3 Å². The lowest BCUT2D eigenvalue weighted by atomic mass is 10.5. The summed E-state index contributed by atoms with van der Waals surface area (Å²) < 4.78 is 5.32. The van der Waals surface area contributed by atoms with Gasteiger partial charge < -0.3 is 8.80 Å². The van der Waals surface area contributed by atoms with Crippen LogP contribution < -0.4 is 4.23 Å². The van der Waals surface area contributed by atoms with Gasteiger partial charge >= 0.3 is 0 Å². The first kappa shape index (κ1) is 24.5. The van der Waals surface area contributed by atoms with Crippen LogP contribution in [-0.2, 0) is 7.05 Å². The van der Waals surface area contributed by atoms with Crippen LogP contribution in [0.25, 0.3) is 0 Å². The number of hydrogen-bond donors (Lipinski definition) is 0. The highest BCUT2D eigenvalue weighted by molar-refractivity contribution is 7.02. The van der Waals surface area contributed by atoms with Crippen LogP contribution in [0.5, 0.6) is 0 Å². The summed E-state index contributed by atoms with van der Waals surface area (Å²) in [5.41, 5.74) is 0. The third-order valence-electron chi connectivity index (χ3n) is 6.16. The molecule has 0 saturated heterocycles. The Balaban J connectivity index is 3.67. The Hall–Kier alpha value is -0.556. The molecule has 0 N–H and O–H groups in total. The average Bonchev–Trinajstić information content (AvgIpc) is 3.02. The van der Waals surface area contributed by atoms with E-state index in [4.69, 9.17) is 4.98 Å². The maximum atomic E-state index is 5.00. The lowest BCUT2D eigenvalue weighted by Crippen LogP contribution is -2.67. The second-order valence-electron chi connectivity index (χ2n) is 8.68. The lowest BCUT2D eigenvalue weighted by molar-refractivity contribution is 0.871. The Morgan fingerprint density at radius 1 is 0.704 bits per heavy atom. The highest BCUT2D eigenvalue weighted by Crippen LogP contribution is 2.42. The van der Waals surface area contributed by atoms with E-state index in [1.165, 1.54) is 80.6 Å². The van der Waals surface area contributed by atoms with Gasteiger partial charge in [0, 0.05) is 13.2 Å². The summed E-state index contributed by atoms with van der Waals surface area (Å²) >= 11 is 0. The van der Waals surface area contributed by atoms with E-state index in [-0.39, 0.29) is 0 Å². The first-order valence-electron chi connectivity index (χ1n) is 11.8. The van der Waals surface area contributed by atoms with E-state index < -0.39 is 16.5 Å². The van der Waals surface area contributed by atoms with E-state index in [1.54, 1.807) is 0 Å². The molecule has 158 valence electrons. The van der Waals surface area contributed by atoms with Crippen LogP contribution in [-0.4, -0.2) is 26.0 Å². The van der Waals surface area contributed by atoms with Gasteiger partial charge in [-0.15, -0.1) is 0 Å². The van der Waals surface area contributed by atoms with Crippen LogP contribution in [0.3, 0.4) is 0 Å². The number of anilines is 1. The molecule has 1 aromatic heterocycles. The molecule has 3 nitrogen and oxygen atoms in total. The van der Waals surface area contributed by atoms with Gasteiger partial charge in [-0.25, -0.2) is 4.98 Å². The smallest absolute Gasteiger partial charge is 0.149 e. The molecule has 5 heteroatoms. The third-order valence-corrected chi connectivity index (χ3v) is 19.9.